The Morgan fingerprint density at radius 1 is 1.44 bits per heavy atom. The molecule has 100 valence electrons. The summed E-state index contributed by atoms with van der Waals surface area (Å²) in [5, 5.41) is 3.27. The van der Waals surface area contributed by atoms with Gasteiger partial charge in [0.2, 0.25) is 0 Å². The third kappa shape index (κ3) is 3.09. The van der Waals surface area contributed by atoms with Crippen LogP contribution in [0.4, 0.5) is 4.39 Å². The van der Waals surface area contributed by atoms with E-state index in [4.69, 9.17) is 0 Å². The summed E-state index contributed by atoms with van der Waals surface area (Å²) in [6, 6.07) is 7.87. The van der Waals surface area contributed by atoms with Crippen LogP contribution in [0.5, 0.6) is 0 Å². The molecule has 0 aliphatic carbocycles. The van der Waals surface area contributed by atoms with Crippen LogP contribution in [0.1, 0.15) is 37.8 Å². The highest BCUT2D eigenvalue weighted by Crippen LogP contribution is 2.28. The molecule has 1 N–H and O–H groups in total. The second kappa shape index (κ2) is 6.30. The Morgan fingerprint density at radius 3 is 3.00 bits per heavy atom. The van der Waals surface area contributed by atoms with Crippen molar-refractivity contribution in [2.24, 2.45) is 0 Å². The first kappa shape index (κ1) is 13.5. The predicted octanol–water partition coefficient (Wildman–Crippen LogP) is 2.96. The summed E-state index contributed by atoms with van der Waals surface area (Å²) in [5.74, 6) is -0.137. The number of hydrogen-bond donors (Lipinski definition) is 1. The van der Waals surface area contributed by atoms with E-state index >= 15 is 0 Å². The summed E-state index contributed by atoms with van der Waals surface area (Å²) in [7, 11) is 2.00. The van der Waals surface area contributed by atoms with Crippen LogP contribution in [0.25, 0.3) is 0 Å². The van der Waals surface area contributed by atoms with Gasteiger partial charge in [0.25, 0.3) is 0 Å². The van der Waals surface area contributed by atoms with Crippen molar-refractivity contribution < 1.29 is 4.39 Å². The smallest absolute Gasteiger partial charge is 0.123 e. The van der Waals surface area contributed by atoms with Crippen molar-refractivity contribution in [1.82, 2.24) is 10.2 Å². The molecule has 0 aromatic heterocycles. The van der Waals surface area contributed by atoms with Crippen LogP contribution in [0.2, 0.25) is 0 Å². The maximum atomic E-state index is 13.3. The average Bonchev–Trinajstić information content (AvgIpc) is 2.39. The van der Waals surface area contributed by atoms with Gasteiger partial charge in [-0.1, -0.05) is 18.6 Å². The fraction of sp³-hybridized carbons (Fsp3) is 0.600. The Hall–Kier alpha value is -0.930. The molecule has 2 unspecified atom stereocenters. The van der Waals surface area contributed by atoms with Gasteiger partial charge in [-0.2, -0.15) is 0 Å². The van der Waals surface area contributed by atoms with Crippen molar-refractivity contribution in [3.8, 4) is 0 Å². The second-order valence-electron chi connectivity index (χ2n) is 5.18. The number of nitrogens with one attached hydrogen (secondary N) is 1. The monoisotopic (exact) mass is 250 g/mol. The number of likely N-dealkylation sites (tertiary alicyclic amines) is 1. The number of benzene rings is 1. The topological polar surface area (TPSA) is 15.3 Å². The van der Waals surface area contributed by atoms with E-state index in [1.165, 1.54) is 25.3 Å². The minimum Gasteiger partial charge on any atom is -0.318 e. The average molecular weight is 250 g/mol. The van der Waals surface area contributed by atoms with E-state index in [9.17, 15) is 4.39 Å². The fourth-order valence-electron chi connectivity index (χ4n) is 2.95. The summed E-state index contributed by atoms with van der Waals surface area (Å²) in [5.41, 5.74) is 1.08. The summed E-state index contributed by atoms with van der Waals surface area (Å²) >= 11 is 0. The second-order valence-corrected chi connectivity index (χ2v) is 5.18. The summed E-state index contributed by atoms with van der Waals surface area (Å²) in [4.78, 5) is 2.51. The Kier molecular flexibility index (Phi) is 4.72. The van der Waals surface area contributed by atoms with Crippen molar-refractivity contribution >= 4 is 0 Å². The van der Waals surface area contributed by atoms with Gasteiger partial charge in [-0.05, 0) is 51.1 Å². The highest BCUT2D eigenvalue weighted by molar-refractivity contribution is 5.20. The number of piperidine rings is 1. The lowest BCUT2D eigenvalue weighted by Gasteiger charge is -2.40. The summed E-state index contributed by atoms with van der Waals surface area (Å²) in [6.07, 6.45) is 3.79. The first-order chi connectivity index (χ1) is 8.72. The largest absolute Gasteiger partial charge is 0.318 e. The number of nitrogens with zero attached hydrogens (tertiary/aromatic N) is 1. The van der Waals surface area contributed by atoms with Gasteiger partial charge in [0.15, 0.2) is 0 Å². The molecule has 1 heterocycles. The molecule has 0 radical (unpaired) electrons. The molecule has 1 aliphatic rings. The Morgan fingerprint density at radius 2 is 2.28 bits per heavy atom. The first-order valence-electron chi connectivity index (χ1n) is 6.88. The van der Waals surface area contributed by atoms with Crippen molar-refractivity contribution in [3.05, 3.63) is 35.6 Å². The van der Waals surface area contributed by atoms with E-state index in [1.54, 1.807) is 12.1 Å². The number of rotatable bonds is 4. The van der Waals surface area contributed by atoms with Crippen molar-refractivity contribution in [1.29, 1.82) is 0 Å². The van der Waals surface area contributed by atoms with E-state index in [-0.39, 0.29) is 5.82 Å². The zero-order valence-electron chi connectivity index (χ0n) is 11.3. The van der Waals surface area contributed by atoms with E-state index in [0.717, 1.165) is 18.7 Å². The normalized spacial score (nSPS) is 22.9. The molecule has 2 rings (SSSR count). The fourth-order valence-corrected chi connectivity index (χ4v) is 2.95. The molecule has 1 aromatic rings. The minimum absolute atomic E-state index is 0.137. The Balaban J connectivity index is 2.12. The Labute approximate surface area is 109 Å². The quantitative estimate of drug-likeness (QED) is 0.884. The van der Waals surface area contributed by atoms with Crippen LogP contribution in [0, 0.1) is 5.82 Å². The number of hydrogen-bond acceptors (Lipinski definition) is 2. The standard InChI is InChI=1S/C15H23FN2/c1-12(13-6-5-7-14(16)10-13)18-9-4-3-8-15(18)11-17-2/h5-7,10,12,15,17H,3-4,8-9,11H2,1-2H3. The molecule has 2 nitrogen and oxygen atoms in total. The van der Waals surface area contributed by atoms with Crippen LogP contribution in [-0.4, -0.2) is 31.1 Å². The van der Waals surface area contributed by atoms with Crippen LogP contribution in [0.3, 0.4) is 0 Å². The molecule has 0 bridgehead atoms. The van der Waals surface area contributed by atoms with Gasteiger partial charge in [0.05, 0.1) is 0 Å². The van der Waals surface area contributed by atoms with Crippen molar-refractivity contribution in [2.75, 3.05) is 20.1 Å². The molecule has 1 fully saturated rings. The summed E-state index contributed by atoms with van der Waals surface area (Å²) in [6.45, 7) is 4.31. The third-order valence-electron chi connectivity index (χ3n) is 3.94. The minimum atomic E-state index is -0.137. The lowest BCUT2D eigenvalue weighted by molar-refractivity contribution is 0.103. The van der Waals surface area contributed by atoms with Gasteiger partial charge in [-0.25, -0.2) is 4.39 Å². The van der Waals surface area contributed by atoms with Crippen molar-refractivity contribution in [3.63, 3.8) is 0 Å². The molecule has 2 atom stereocenters. The lowest BCUT2D eigenvalue weighted by atomic mass is 9.97. The van der Waals surface area contributed by atoms with Gasteiger partial charge in [-0.15, -0.1) is 0 Å². The molecular weight excluding hydrogens is 227 g/mol. The maximum absolute atomic E-state index is 13.3. The van der Waals surface area contributed by atoms with E-state index in [2.05, 4.69) is 17.1 Å². The van der Waals surface area contributed by atoms with Gasteiger partial charge in [0.1, 0.15) is 5.82 Å². The third-order valence-corrected chi connectivity index (χ3v) is 3.94. The highest BCUT2D eigenvalue weighted by atomic mass is 19.1. The summed E-state index contributed by atoms with van der Waals surface area (Å²) < 4.78 is 13.3. The maximum Gasteiger partial charge on any atom is 0.123 e. The molecule has 0 spiro atoms. The van der Waals surface area contributed by atoms with Crippen LogP contribution in [-0.2, 0) is 0 Å². The molecule has 0 saturated carbocycles. The van der Waals surface area contributed by atoms with Gasteiger partial charge in [0, 0.05) is 18.6 Å². The zero-order valence-corrected chi connectivity index (χ0v) is 11.3. The molecule has 3 heteroatoms. The lowest BCUT2D eigenvalue weighted by Crippen LogP contribution is -2.45. The van der Waals surface area contributed by atoms with Crippen LogP contribution in [0.15, 0.2) is 24.3 Å². The SMILES string of the molecule is CNCC1CCCCN1C(C)c1cccc(F)c1. The van der Waals surface area contributed by atoms with E-state index < -0.39 is 0 Å². The number of halogens is 1. The Bertz CT molecular complexity index is 379. The first-order valence-corrected chi connectivity index (χ1v) is 6.88. The molecule has 0 amide bonds. The molecule has 1 saturated heterocycles. The van der Waals surface area contributed by atoms with E-state index in [1.807, 2.05) is 13.1 Å². The predicted molar refractivity (Wildman–Crippen MR) is 73.1 cm³/mol. The van der Waals surface area contributed by atoms with Gasteiger partial charge in [-0.3, -0.25) is 4.90 Å². The molecular formula is C15H23FN2. The molecule has 1 aromatic carbocycles. The molecule has 18 heavy (non-hydrogen) atoms. The zero-order chi connectivity index (χ0) is 13.0. The van der Waals surface area contributed by atoms with E-state index in [0.29, 0.717) is 12.1 Å². The van der Waals surface area contributed by atoms with Crippen LogP contribution >= 0.6 is 0 Å². The van der Waals surface area contributed by atoms with Crippen molar-refractivity contribution in [2.45, 2.75) is 38.3 Å². The number of likely N-dealkylation sites (N-methyl/N-ethyl adjacent to an activating group) is 1. The van der Waals surface area contributed by atoms with Gasteiger partial charge >= 0.3 is 0 Å². The van der Waals surface area contributed by atoms with Gasteiger partial charge < -0.3 is 5.32 Å². The molecule has 1 aliphatic heterocycles. The highest BCUT2D eigenvalue weighted by Gasteiger charge is 2.26. The van der Waals surface area contributed by atoms with Crippen LogP contribution < -0.4 is 5.32 Å².